The molecule has 1 aromatic rings. The highest BCUT2D eigenvalue weighted by atomic mass is 16.5. The maximum Gasteiger partial charge on any atom is 0.230 e. The van der Waals surface area contributed by atoms with Crippen LogP contribution in [0.25, 0.3) is 0 Å². The number of carbonyl (C=O) groups excluding carboxylic acids is 2. The first-order valence-electron chi connectivity index (χ1n) is 9.29. The van der Waals surface area contributed by atoms with Crippen LogP contribution in [0.4, 0.5) is 0 Å². The van der Waals surface area contributed by atoms with Crippen LogP contribution in [0.15, 0.2) is 30.7 Å². The zero-order valence-corrected chi connectivity index (χ0v) is 15.6. The van der Waals surface area contributed by atoms with Gasteiger partial charge in [0.25, 0.3) is 0 Å². The van der Waals surface area contributed by atoms with Gasteiger partial charge in [-0.15, -0.1) is 0 Å². The number of rotatable bonds is 7. The second-order valence-electron chi connectivity index (χ2n) is 7.25. The first-order valence-corrected chi connectivity index (χ1v) is 9.29. The molecule has 0 radical (unpaired) electrons. The van der Waals surface area contributed by atoms with Gasteiger partial charge in [0.05, 0.1) is 43.3 Å². The van der Waals surface area contributed by atoms with Crippen molar-refractivity contribution in [1.82, 2.24) is 19.8 Å². The van der Waals surface area contributed by atoms with Gasteiger partial charge >= 0.3 is 0 Å². The Kier molecular flexibility index (Phi) is 4.69. The molecule has 8 heteroatoms. The van der Waals surface area contributed by atoms with Crippen molar-refractivity contribution in [2.45, 2.75) is 25.2 Å². The summed E-state index contributed by atoms with van der Waals surface area (Å²) in [5.74, 6) is -1.06. The van der Waals surface area contributed by atoms with Crippen molar-refractivity contribution in [1.29, 1.82) is 0 Å². The molecule has 0 aliphatic carbocycles. The van der Waals surface area contributed by atoms with Crippen molar-refractivity contribution in [3.05, 3.63) is 36.4 Å². The lowest BCUT2D eigenvalue weighted by Gasteiger charge is -2.27. The lowest BCUT2D eigenvalue weighted by molar-refractivity contribution is -0.143. The van der Waals surface area contributed by atoms with Crippen LogP contribution >= 0.6 is 0 Å². The van der Waals surface area contributed by atoms with Gasteiger partial charge in [0, 0.05) is 26.4 Å². The Morgan fingerprint density at radius 1 is 1.52 bits per heavy atom. The molecule has 3 aliphatic rings. The summed E-state index contributed by atoms with van der Waals surface area (Å²) in [6, 6.07) is 1.78. The van der Waals surface area contributed by atoms with E-state index in [0.717, 1.165) is 5.69 Å². The molecule has 2 amide bonds. The van der Waals surface area contributed by atoms with Gasteiger partial charge < -0.3 is 19.3 Å². The minimum Gasteiger partial charge on any atom is -0.380 e. The molecule has 0 unspecified atom stereocenters. The van der Waals surface area contributed by atoms with E-state index in [1.165, 1.54) is 6.33 Å². The second-order valence-corrected chi connectivity index (χ2v) is 7.25. The molecule has 0 saturated carbocycles. The van der Waals surface area contributed by atoms with Gasteiger partial charge in [-0.2, -0.15) is 0 Å². The highest BCUT2D eigenvalue weighted by Gasteiger charge is 2.66. The van der Waals surface area contributed by atoms with Crippen LogP contribution in [0.3, 0.4) is 0 Å². The van der Waals surface area contributed by atoms with Crippen LogP contribution in [0.2, 0.25) is 0 Å². The van der Waals surface area contributed by atoms with E-state index < -0.39 is 17.4 Å². The monoisotopic (exact) mass is 372 g/mol. The van der Waals surface area contributed by atoms with E-state index in [2.05, 4.69) is 9.97 Å². The fourth-order valence-corrected chi connectivity index (χ4v) is 4.36. The minimum atomic E-state index is -0.677. The Bertz CT molecular complexity index is 755. The van der Waals surface area contributed by atoms with Crippen molar-refractivity contribution in [3.8, 4) is 0 Å². The summed E-state index contributed by atoms with van der Waals surface area (Å²) in [7, 11) is 1.74. The number of fused-ring (bicyclic) bond motifs is 1. The lowest BCUT2D eigenvalue weighted by Crippen LogP contribution is -2.44. The Hall–Kier alpha value is -2.32. The first kappa shape index (κ1) is 18.1. The number of hydrogen-bond acceptors (Lipinski definition) is 6. The van der Waals surface area contributed by atoms with Gasteiger partial charge in [0.15, 0.2) is 0 Å². The van der Waals surface area contributed by atoms with Gasteiger partial charge in [-0.3, -0.25) is 9.59 Å². The average Bonchev–Trinajstić information content (AvgIpc) is 3.31. The summed E-state index contributed by atoms with van der Waals surface area (Å²) in [4.78, 5) is 37.6. The molecule has 0 N–H and O–H groups in total. The second kappa shape index (κ2) is 7.01. The predicted octanol–water partition coefficient (Wildman–Crippen LogP) is 0.254. The Balaban J connectivity index is 1.49. The van der Waals surface area contributed by atoms with Gasteiger partial charge in [-0.25, -0.2) is 9.97 Å². The summed E-state index contributed by atoms with van der Waals surface area (Å²) in [5, 5.41) is 0. The van der Waals surface area contributed by atoms with Crippen molar-refractivity contribution in [2.75, 3.05) is 33.4 Å². The number of hydrogen-bond donors (Lipinski definition) is 0. The van der Waals surface area contributed by atoms with Crippen molar-refractivity contribution >= 4 is 11.8 Å². The van der Waals surface area contributed by atoms with Gasteiger partial charge in [-0.05, 0) is 13.0 Å². The topological polar surface area (TPSA) is 84.9 Å². The van der Waals surface area contributed by atoms with Crippen molar-refractivity contribution in [3.63, 3.8) is 0 Å². The van der Waals surface area contributed by atoms with E-state index in [-0.39, 0.29) is 17.9 Å². The number of amides is 2. The molecule has 4 rings (SSSR count). The van der Waals surface area contributed by atoms with E-state index in [1.807, 2.05) is 19.1 Å². The minimum absolute atomic E-state index is 0.0182. The molecule has 3 aliphatic heterocycles. The molecule has 1 spiro atoms. The van der Waals surface area contributed by atoms with Crippen molar-refractivity contribution < 1.29 is 19.1 Å². The van der Waals surface area contributed by atoms with Crippen LogP contribution in [-0.4, -0.2) is 76.6 Å². The van der Waals surface area contributed by atoms with Gasteiger partial charge in [0.2, 0.25) is 11.8 Å². The molecule has 2 fully saturated rings. The fraction of sp³-hybridized carbons (Fsp3) is 0.579. The third-order valence-electron chi connectivity index (χ3n) is 5.59. The molecular weight excluding hydrogens is 348 g/mol. The van der Waals surface area contributed by atoms with E-state index in [1.54, 1.807) is 29.1 Å². The molecule has 4 heterocycles. The first-order chi connectivity index (χ1) is 13.1. The smallest absolute Gasteiger partial charge is 0.230 e. The Labute approximate surface area is 158 Å². The maximum atomic E-state index is 13.2. The standard InChI is InChI=1S/C19H24N4O4/c1-3-26-9-8-23-11-19-6-4-14(27-19)15(16(19)18(23)25)17(24)22(2)10-13-5-7-20-12-21-13/h4-7,12,14-16H,3,8-11H2,1-2H3/t14-,15+,16+,19-/m0/s1. The highest BCUT2D eigenvalue weighted by molar-refractivity contribution is 5.93. The third kappa shape index (κ3) is 3.02. The molecule has 27 heavy (non-hydrogen) atoms. The maximum absolute atomic E-state index is 13.2. The number of likely N-dealkylation sites (tertiary alicyclic amines) is 1. The van der Waals surface area contributed by atoms with E-state index in [4.69, 9.17) is 9.47 Å². The highest BCUT2D eigenvalue weighted by Crippen LogP contribution is 2.52. The molecule has 0 aromatic carbocycles. The van der Waals surface area contributed by atoms with E-state index in [0.29, 0.717) is 32.8 Å². The average molecular weight is 372 g/mol. The third-order valence-corrected chi connectivity index (χ3v) is 5.59. The van der Waals surface area contributed by atoms with Crippen molar-refractivity contribution in [2.24, 2.45) is 11.8 Å². The molecule has 8 nitrogen and oxygen atoms in total. The van der Waals surface area contributed by atoms with Crippen LogP contribution < -0.4 is 0 Å². The fourth-order valence-electron chi connectivity index (χ4n) is 4.36. The molecule has 2 bridgehead atoms. The molecule has 4 atom stereocenters. The van der Waals surface area contributed by atoms with Crippen LogP contribution in [0.1, 0.15) is 12.6 Å². The number of carbonyl (C=O) groups is 2. The van der Waals surface area contributed by atoms with Gasteiger partial charge in [0.1, 0.15) is 11.9 Å². The SMILES string of the molecule is CCOCCN1C[C@]23C=C[C@H](O2)[C@@H](C(=O)N(C)Cc2ccncn2)[C@@H]3C1=O. The molecular formula is C19H24N4O4. The zero-order valence-electron chi connectivity index (χ0n) is 15.6. The molecule has 144 valence electrons. The molecule has 2 saturated heterocycles. The number of ether oxygens (including phenoxy) is 2. The summed E-state index contributed by atoms with van der Waals surface area (Å²) in [6.07, 6.45) is 6.67. The van der Waals surface area contributed by atoms with Crippen LogP contribution in [-0.2, 0) is 25.6 Å². The number of nitrogens with zero attached hydrogens (tertiary/aromatic N) is 4. The zero-order chi connectivity index (χ0) is 19.0. The Morgan fingerprint density at radius 2 is 2.37 bits per heavy atom. The summed E-state index contributed by atoms with van der Waals surface area (Å²) >= 11 is 0. The van der Waals surface area contributed by atoms with Crippen LogP contribution in [0, 0.1) is 11.8 Å². The lowest BCUT2D eigenvalue weighted by atomic mass is 9.76. The molecule has 1 aromatic heterocycles. The van der Waals surface area contributed by atoms with Gasteiger partial charge in [-0.1, -0.05) is 12.2 Å². The normalized spacial score (nSPS) is 30.8. The largest absolute Gasteiger partial charge is 0.380 e. The van der Waals surface area contributed by atoms with E-state index >= 15 is 0 Å². The predicted molar refractivity (Wildman–Crippen MR) is 95.3 cm³/mol. The summed E-state index contributed by atoms with van der Waals surface area (Å²) in [6.45, 7) is 4.40. The summed E-state index contributed by atoms with van der Waals surface area (Å²) < 4.78 is 11.5. The van der Waals surface area contributed by atoms with E-state index in [9.17, 15) is 9.59 Å². The Morgan fingerprint density at radius 3 is 3.11 bits per heavy atom. The quantitative estimate of drug-likeness (QED) is 0.504. The van der Waals surface area contributed by atoms with Crippen LogP contribution in [0.5, 0.6) is 0 Å². The number of aromatic nitrogens is 2. The summed E-state index contributed by atoms with van der Waals surface area (Å²) in [5.41, 5.74) is 0.0793.